The lowest BCUT2D eigenvalue weighted by atomic mass is 9.74. The predicted molar refractivity (Wildman–Crippen MR) is 125 cm³/mol. The number of ether oxygens (including phenoxy) is 3. The summed E-state index contributed by atoms with van der Waals surface area (Å²) in [5.74, 6) is 1.00. The average molecular weight is 465 g/mol. The van der Waals surface area contributed by atoms with E-state index in [-0.39, 0.29) is 24.0 Å². The van der Waals surface area contributed by atoms with E-state index in [2.05, 4.69) is 10.6 Å². The number of anilines is 1. The number of hydrogen-bond acceptors (Lipinski definition) is 6. The maximum absolute atomic E-state index is 13.2. The van der Waals surface area contributed by atoms with Crippen LogP contribution in [0.2, 0.25) is 0 Å². The summed E-state index contributed by atoms with van der Waals surface area (Å²) < 4.78 is 16.6. The van der Waals surface area contributed by atoms with Gasteiger partial charge >= 0.3 is 0 Å². The number of para-hydroxylation sites is 1. The minimum Gasteiger partial charge on any atom is -0.454 e. The van der Waals surface area contributed by atoms with Crippen LogP contribution in [-0.4, -0.2) is 38.4 Å². The van der Waals surface area contributed by atoms with Gasteiger partial charge in [-0.3, -0.25) is 9.59 Å². The average Bonchev–Trinajstić information content (AvgIpc) is 3.55. The Kier molecular flexibility index (Phi) is 6.02. The molecular weight excluding hydrogens is 440 g/mol. The van der Waals surface area contributed by atoms with Crippen molar-refractivity contribution in [1.29, 1.82) is 0 Å². The highest BCUT2D eigenvalue weighted by Gasteiger charge is 2.36. The maximum Gasteiger partial charge on any atom is 0.265 e. The Labute approximate surface area is 195 Å². The Morgan fingerprint density at radius 3 is 2.58 bits per heavy atom. The van der Waals surface area contributed by atoms with E-state index in [0.717, 1.165) is 29.9 Å². The summed E-state index contributed by atoms with van der Waals surface area (Å²) >= 11 is 1.36. The fourth-order valence-corrected chi connectivity index (χ4v) is 4.90. The summed E-state index contributed by atoms with van der Waals surface area (Å²) in [6, 6.07) is 16.6. The normalized spacial score (nSPS) is 16.2. The van der Waals surface area contributed by atoms with Crippen molar-refractivity contribution in [2.75, 3.05) is 31.9 Å². The van der Waals surface area contributed by atoms with E-state index in [0.29, 0.717) is 35.9 Å². The SMILES string of the molecule is O=C(Nc1ccccc1C(=O)NCC1(c2ccc3c(c2)OCO3)CCOCC1)c1cccs1. The number of amides is 2. The molecule has 2 amide bonds. The van der Waals surface area contributed by atoms with Crippen LogP contribution < -0.4 is 20.1 Å². The molecule has 0 atom stereocenters. The second-order valence-electron chi connectivity index (χ2n) is 8.12. The molecule has 0 spiro atoms. The highest BCUT2D eigenvalue weighted by atomic mass is 32.1. The molecule has 8 heteroatoms. The number of thiophene rings is 1. The van der Waals surface area contributed by atoms with Crippen molar-refractivity contribution < 1.29 is 23.8 Å². The molecule has 0 aliphatic carbocycles. The number of fused-ring (bicyclic) bond motifs is 1. The molecule has 0 saturated carbocycles. The molecule has 33 heavy (non-hydrogen) atoms. The smallest absolute Gasteiger partial charge is 0.265 e. The van der Waals surface area contributed by atoms with Crippen LogP contribution in [0.25, 0.3) is 0 Å². The lowest BCUT2D eigenvalue weighted by Gasteiger charge is -2.38. The molecule has 1 fully saturated rings. The van der Waals surface area contributed by atoms with E-state index in [9.17, 15) is 9.59 Å². The zero-order valence-corrected chi connectivity index (χ0v) is 18.8. The Morgan fingerprint density at radius 2 is 1.76 bits per heavy atom. The van der Waals surface area contributed by atoms with Crippen LogP contribution in [0, 0.1) is 0 Å². The van der Waals surface area contributed by atoms with E-state index in [1.165, 1.54) is 11.3 Å². The highest BCUT2D eigenvalue weighted by Crippen LogP contribution is 2.40. The van der Waals surface area contributed by atoms with Gasteiger partial charge in [-0.1, -0.05) is 24.3 Å². The molecule has 1 saturated heterocycles. The largest absolute Gasteiger partial charge is 0.454 e. The van der Waals surface area contributed by atoms with Crippen LogP contribution in [0.1, 0.15) is 38.4 Å². The van der Waals surface area contributed by atoms with Gasteiger partial charge in [0, 0.05) is 25.2 Å². The van der Waals surface area contributed by atoms with E-state index in [1.807, 2.05) is 29.6 Å². The van der Waals surface area contributed by atoms with Crippen molar-refractivity contribution in [3.05, 3.63) is 76.0 Å². The Hall–Kier alpha value is -3.36. The van der Waals surface area contributed by atoms with Gasteiger partial charge in [-0.25, -0.2) is 0 Å². The van der Waals surface area contributed by atoms with E-state index >= 15 is 0 Å². The third-order valence-corrected chi connectivity index (χ3v) is 7.06. The van der Waals surface area contributed by atoms with Crippen molar-refractivity contribution >= 4 is 28.8 Å². The summed E-state index contributed by atoms with van der Waals surface area (Å²) in [5, 5.41) is 7.81. The van der Waals surface area contributed by atoms with Crippen LogP contribution in [0.5, 0.6) is 11.5 Å². The lowest BCUT2D eigenvalue weighted by molar-refractivity contribution is 0.0486. The quantitative estimate of drug-likeness (QED) is 0.571. The molecule has 1 aromatic heterocycles. The second-order valence-corrected chi connectivity index (χ2v) is 9.07. The molecule has 3 heterocycles. The van der Waals surface area contributed by atoms with Crippen molar-refractivity contribution in [1.82, 2.24) is 5.32 Å². The Bertz CT molecular complexity index is 1160. The van der Waals surface area contributed by atoms with E-state index in [1.54, 1.807) is 30.3 Å². The standard InChI is InChI=1S/C25H24N2O5S/c28-23(18-4-1-2-5-19(18)27-24(29)22-6-3-13-33-22)26-15-25(9-11-30-12-10-25)17-7-8-20-21(14-17)32-16-31-20/h1-8,13-14H,9-12,15-16H2,(H,26,28)(H,27,29). The molecule has 2 aliphatic heterocycles. The first kappa shape index (κ1) is 21.5. The predicted octanol–water partition coefficient (Wildman–Crippen LogP) is 4.21. The molecule has 7 nitrogen and oxygen atoms in total. The van der Waals surface area contributed by atoms with Gasteiger partial charge in [0.15, 0.2) is 11.5 Å². The van der Waals surface area contributed by atoms with Crippen LogP contribution in [0.3, 0.4) is 0 Å². The molecule has 3 aromatic rings. The van der Waals surface area contributed by atoms with Crippen LogP contribution >= 0.6 is 11.3 Å². The molecule has 170 valence electrons. The first-order chi connectivity index (χ1) is 16.1. The van der Waals surface area contributed by atoms with Gasteiger partial charge < -0.3 is 24.8 Å². The minimum absolute atomic E-state index is 0.222. The summed E-state index contributed by atoms with van der Waals surface area (Å²) in [6.07, 6.45) is 1.56. The summed E-state index contributed by atoms with van der Waals surface area (Å²) in [4.78, 5) is 26.3. The third kappa shape index (κ3) is 4.44. The van der Waals surface area contributed by atoms with Gasteiger partial charge in [0.25, 0.3) is 11.8 Å². The number of nitrogens with one attached hydrogen (secondary N) is 2. The molecular formula is C25H24N2O5S. The van der Waals surface area contributed by atoms with Crippen LogP contribution in [0.4, 0.5) is 5.69 Å². The zero-order chi connectivity index (χ0) is 22.7. The maximum atomic E-state index is 13.2. The van der Waals surface area contributed by atoms with Crippen molar-refractivity contribution in [2.24, 2.45) is 0 Å². The summed E-state index contributed by atoms with van der Waals surface area (Å²) in [5.41, 5.74) is 1.73. The van der Waals surface area contributed by atoms with Gasteiger partial charge in [-0.15, -0.1) is 11.3 Å². The fraction of sp³-hybridized carbons (Fsp3) is 0.280. The minimum atomic E-state index is -0.274. The number of carbonyl (C=O) groups excluding carboxylic acids is 2. The monoisotopic (exact) mass is 464 g/mol. The molecule has 0 radical (unpaired) electrons. The Morgan fingerprint density at radius 1 is 0.939 bits per heavy atom. The van der Waals surface area contributed by atoms with E-state index in [4.69, 9.17) is 14.2 Å². The second kappa shape index (κ2) is 9.25. The summed E-state index contributed by atoms with van der Waals surface area (Å²) in [6.45, 7) is 1.91. The topological polar surface area (TPSA) is 85.9 Å². The van der Waals surface area contributed by atoms with Gasteiger partial charge in [0.2, 0.25) is 6.79 Å². The molecule has 2 N–H and O–H groups in total. The third-order valence-electron chi connectivity index (χ3n) is 6.19. The molecule has 2 aliphatic rings. The van der Waals surface area contributed by atoms with Gasteiger partial charge in [0.1, 0.15) is 0 Å². The Balaban J connectivity index is 1.34. The molecule has 2 aromatic carbocycles. The number of rotatable bonds is 6. The van der Waals surface area contributed by atoms with Gasteiger partial charge in [-0.2, -0.15) is 0 Å². The van der Waals surface area contributed by atoms with Gasteiger partial charge in [0.05, 0.1) is 16.1 Å². The number of benzene rings is 2. The molecule has 0 unspecified atom stereocenters. The van der Waals surface area contributed by atoms with E-state index < -0.39 is 0 Å². The van der Waals surface area contributed by atoms with Crippen molar-refractivity contribution in [2.45, 2.75) is 18.3 Å². The fourth-order valence-electron chi connectivity index (χ4n) is 4.28. The first-order valence-corrected chi connectivity index (χ1v) is 11.7. The first-order valence-electron chi connectivity index (χ1n) is 10.8. The number of hydrogen-bond donors (Lipinski definition) is 2. The number of carbonyl (C=O) groups is 2. The highest BCUT2D eigenvalue weighted by molar-refractivity contribution is 7.12. The van der Waals surface area contributed by atoms with Crippen molar-refractivity contribution in [3.63, 3.8) is 0 Å². The van der Waals surface area contributed by atoms with Crippen LogP contribution in [0.15, 0.2) is 60.0 Å². The van der Waals surface area contributed by atoms with Crippen LogP contribution in [-0.2, 0) is 10.2 Å². The summed E-state index contributed by atoms with van der Waals surface area (Å²) in [7, 11) is 0. The molecule has 0 bridgehead atoms. The zero-order valence-electron chi connectivity index (χ0n) is 18.0. The lowest BCUT2D eigenvalue weighted by Crippen LogP contribution is -2.44. The molecule has 5 rings (SSSR count). The van der Waals surface area contributed by atoms with Gasteiger partial charge in [-0.05, 0) is 54.1 Å². The van der Waals surface area contributed by atoms with Crippen molar-refractivity contribution in [3.8, 4) is 11.5 Å².